The summed E-state index contributed by atoms with van der Waals surface area (Å²) in [6.45, 7) is 0. The Morgan fingerprint density at radius 3 is 2.48 bits per heavy atom. The molecule has 1 aromatic heterocycles. The van der Waals surface area contributed by atoms with Gasteiger partial charge in [0, 0.05) is 19.3 Å². The van der Waals surface area contributed by atoms with Crippen molar-refractivity contribution in [2.24, 2.45) is 13.0 Å². The van der Waals surface area contributed by atoms with Gasteiger partial charge >= 0.3 is 5.97 Å². The third kappa shape index (κ3) is 3.30. The average molecular weight is 334 g/mol. The van der Waals surface area contributed by atoms with E-state index >= 15 is 0 Å². The molecule has 2 N–H and O–H groups in total. The van der Waals surface area contributed by atoms with E-state index in [1.807, 2.05) is 30.3 Å². The second-order valence-corrected chi connectivity index (χ2v) is 7.54. The lowest BCUT2D eigenvalue weighted by Crippen LogP contribution is -2.29. The van der Waals surface area contributed by atoms with Gasteiger partial charge in [0.1, 0.15) is 10.6 Å². The number of aryl methyl sites for hydroxylation is 1. The Morgan fingerprint density at radius 1 is 1.30 bits per heavy atom. The molecule has 1 fully saturated rings. The van der Waals surface area contributed by atoms with Crippen LogP contribution in [0.25, 0.3) is 0 Å². The van der Waals surface area contributed by atoms with Gasteiger partial charge in [-0.25, -0.2) is 17.9 Å². The Bertz CT molecular complexity index is 823. The van der Waals surface area contributed by atoms with Gasteiger partial charge in [0.25, 0.3) is 0 Å². The molecule has 1 heterocycles. The number of sulfonamides is 1. The Morgan fingerprint density at radius 2 is 1.96 bits per heavy atom. The van der Waals surface area contributed by atoms with Crippen molar-refractivity contribution in [2.75, 3.05) is 0 Å². The molecule has 2 aromatic rings. The van der Waals surface area contributed by atoms with Crippen LogP contribution in [0.3, 0.4) is 0 Å². The molecular formula is C16H18N2O4S. The molecule has 6 nitrogen and oxygen atoms in total. The number of aromatic nitrogens is 1. The van der Waals surface area contributed by atoms with Crippen molar-refractivity contribution in [1.29, 1.82) is 0 Å². The Labute approximate surface area is 134 Å². The van der Waals surface area contributed by atoms with Crippen LogP contribution in [-0.2, 0) is 17.1 Å². The van der Waals surface area contributed by atoms with Crippen LogP contribution in [0.2, 0.25) is 0 Å². The van der Waals surface area contributed by atoms with E-state index in [2.05, 4.69) is 4.72 Å². The molecule has 122 valence electrons. The van der Waals surface area contributed by atoms with Gasteiger partial charge in [-0.15, -0.1) is 0 Å². The molecule has 7 heteroatoms. The summed E-state index contributed by atoms with van der Waals surface area (Å²) in [5.41, 5.74) is 0.862. The summed E-state index contributed by atoms with van der Waals surface area (Å²) in [6, 6.07) is 10.3. The highest BCUT2D eigenvalue weighted by Gasteiger charge is 2.35. The molecule has 3 rings (SSSR count). The molecule has 23 heavy (non-hydrogen) atoms. The second-order valence-electron chi connectivity index (χ2n) is 5.82. The minimum atomic E-state index is -3.78. The average Bonchev–Trinajstić information content (AvgIpc) is 3.27. The molecule has 1 aromatic carbocycles. The molecule has 1 aliphatic rings. The van der Waals surface area contributed by atoms with E-state index in [9.17, 15) is 13.2 Å². The van der Waals surface area contributed by atoms with Crippen molar-refractivity contribution in [3.05, 3.63) is 53.9 Å². The molecule has 0 aliphatic heterocycles. The van der Waals surface area contributed by atoms with Crippen molar-refractivity contribution >= 4 is 16.0 Å². The van der Waals surface area contributed by atoms with Crippen LogP contribution in [0, 0.1) is 5.92 Å². The van der Waals surface area contributed by atoms with Gasteiger partial charge < -0.3 is 9.67 Å². The number of hydrogen-bond donors (Lipinski definition) is 2. The number of carboxylic acids is 1. The second kappa shape index (κ2) is 5.82. The van der Waals surface area contributed by atoms with Crippen molar-refractivity contribution < 1.29 is 18.3 Å². The lowest BCUT2D eigenvalue weighted by molar-refractivity contribution is 0.0686. The highest BCUT2D eigenvalue weighted by atomic mass is 32.2. The van der Waals surface area contributed by atoms with Crippen LogP contribution >= 0.6 is 0 Å². The Kier molecular flexibility index (Phi) is 3.99. The molecule has 0 amide bonds. The van der Waals surface area contributed by atoms with Crippen molar-refractivity contribution in [1.82, 2.24) is 9.29 Å². The summed E-state index contributed by atoms with van der Waals surface area (Å²) in [6.07, 6.45) is 3.29. The van der Waals surface area contributed by atoms with Crippen LogP contribution in [0.4, 0.5) is 0 Å². The van der Waals surface area contributed by atoms with Crippen molar-refractivity contribution in [2.45, 2.75) is 23.8 Å². The number of hydrogen-bond acceptors (Lipinski definition) is 3. The smallest absolute Gasteiger partial charge is 0.352 e. The lowest BCUT2D eigenvalue weighted by Gasteiger charge is -2.18. The third-order valence-corrected chi connectivity index (χ3v) is 5.45. The molecule has 1 unspecified atom stereocenters. The zero-order chi connectivity index (χ0) is 16.6. The van der Waals surface area contributed by atoms with E-state index in [-0.39, 0.29) is 22.5 Å². The monoisotopic (exact) mass is 334 g/mol. The lowest BCUT2D eigenvalue weighted by atomic mass is 10.0. The number of benzene rings is 1. The standard InChI is InChI=1S/C16H18N2O4S/c1-18-10-13(9-14(18)16(19)20)23(21,22)17-15(12-7-8-12)11-5-3-2-4-6-11/h2-6,9-10,12,15,17H,7-8H2,1H3,(H,19,20). The maximum Gasteiger partial charge on any atom is 0.352 e. The van der Waals surface area contributed by atoms with Crippen LogP contribution in [0.1, 0.15) is 34.9 Å². The molecule has 0 spiro atoms. The summed E-state index contributed by atoms with van der Waals surface area (Å²) < 4.78 is 29.3. The molecule has 0 bridgehead atoms. The number of rotatable bonds is 6. The minimum absolute atomic E-state index is 0.0287. The number of carboxylic acid groups (broad SMARTS) is 1. The van der Waals surface area contributed by atoms with Crippen molar-refractivity contribution in [3.8, 4) is 0 Å². The number of nitrogens with one attached hydrogen (secondary N) is 1. The van der Waals surface area contributed by atoms with E-state index in [4.69, 9.17) is 5.11 Å². The summed E-state index contributed by atoms with van der Waals surface area (Å²) in [5, 5.41) is 9.07. The van der Waals surface area contributed by atoms with Crippen LogP contribution in [-0.4, -0.2) is 24.1 Å². The maximum atomic E-state index is 12.6. The third-order valence-electron chi connectivity index (χ3n) is 4.04. The Hall–Kier alpha value is -2.12. The minimum Gasteiger partial charge on any atom is -0.477 e. The van der Waals surface area contributed by atoms with Gasteiger partial charge in [-0.3, -0.25) is 0 Å². The first-order valence-electron chi connectivity index (χ1n) is 7.35. The predicted molar refractivity (Wildman–Crippen MR) is 84.6 cm³/mol. The topological polar surface area (TPSA) is 88.4 Å². The molecule has 0 saturated heterocycles. The van der Waals surface area contributed by atoms with E-state index in [1.165, 1.54) is 23.9 Å². The number of nitrogens with zero attached hydrogens (tertiary/aromatic N) is 1. The van der Waals surface area contributed by atoms with Gasteiger partial charge in [0.05, 0.1) is 0 Å². The molecule has 1 saturated carbocycles. The normalized spacial score (nSPS) is 16.2. The quantitative estimate of drug-likeness (QED) is 0.847. The number of carbonyl (C=O) groups is 1. The van der Waals surface area contributed by atoms with Crippen LogP contribution in [0.15, 0.2) is 47.5 Å². The van der Waals surface area contributed by atoms with Gasteiger partial charge in [-0.1, -0.05) is 30.3 Å². The zero-order valence-electron chi connectivity index (χ0n) is 12.6. The van der Waals surface area contributed by atoms with Crippen LogP contribution in [0.5, 0.6) is 0 Å². The Balaban J connectivity index is 1.90. The highest BCUT2D eigenvalue weighted by Crippen LogP contribution is 2.41. The van der Waals surface area contributed by atoms with Crippen molar-refractivity contribution in [3.63, 3.8) is 0 Å². The fourth-order valence-electron chi connectivity index (χ4n) is 2.66. The first-order valence-corrected chi connectivity index (χ1v) is 8.84. The van der Waals surface area contributed by atoms with Gasteiger partial charge in [-0.05, 0) is 30.4 Å². The maximum absolute atomic E-state index is 12.6. The van der Waals surface area contributed by atoms with E-state index in [0.29, 0.717) is 0 Å². The van der Waals surface area contributed by atoms with Crippen LogP contribution < -0.4 is 4.72 Å². The summed E-state index contributed by atoms with van der Waals surface area (Å²) in [4.78, 5) is 11.1. The number of aromatic carboxylic acids is 1. The fourth-order valence-corrected chi connectivity index (χ4v) is 4.02. The first kappa shape index (κ1) is 15.8. The van der Waals surface area contributed by atoms with E-state index < -0.39 is 16.0 Å². The van der Waals surface area contributed by atoms with Gasteiger partial charge in [0.15, 0.2) is 0 Å². The molecule has 1 aliphatic carbocycles. The fraction of sp³-hybridized carbons (Fsp3) is 0.312. The largest absolute Gasteiger partial charge is 0.477 e. The molecular weight excluding hydrogens is 316 g/mol. The first-order chi connectivity index (χ1) is 10.9. The highest BCUT2D eigenvalue weighted by molar-refractivity contribution is 7.89. The SMILES string of the molecule is Cn1cc(S(=O)(=O)NC(c2ccccc2)C2CC2)cc1C(=O)O. The molecule has 1 atom stereocenters. The van der Waals surface area contributed by atoms with E-state index in [1.54, 1.807) is 0 Å². The predicted octanol–water partition coefficient (Wildman–Crippen LogP) is 2.15. The summed E-state index contributed by atoms with van der Waals surface area (Å²) in [5.74, 6) is -0.870. The molecule has 0 radical (unpaired) electrons. The zero-order valence-corrected chi connectivity index (χ0v) is 13.5. The summed E-state index contributed by atoms with van der Waals surface area (Å²) in [7, 11) is -2.27. The van der Waals surface area contributed by atoms with Gasteiger partial charge in [-0.2, -0.15) is 0 Å². The van der Waals surface area contributed by atoms with Gasteiger partial charge in [0.2, 0.25) is 10.0 Å². The van der Waals surface area contributed by atoms with E-state index in [0.717, 1.165) is 18.4 Å². The summed E-state index contributed by atoms with van der Waals surface area (Å²) >= 11 is 0.